The Morgan fingerprint density at radius 2 is 1.91 bits per heavy atom. The number of ether oxygens (including phenoxy) is 1. The molecule has 7 nitrogen and oxygen atoms in total. The van der Waals surface area contributed by atoms with Crippen LogP contribution in [-0.4, -0.2) is 54.8 Å². The number of nitrogens with zero attached hydrogens (tertiary/aromatic N) is 4. The summed E-state index contributed by atoms with van der Waals surface area (Å²) < 4.78 is 5.50. The third kappa shape index (κ3) is 4.88. The van der Waals surface area contributed by atoms with Gasteiger partial charge in [0.15, 0.2) is 0 Å². The smallest absolute Gasteiger partial charge is 0.223 e. The number of nitrogens with one attached hydrogen (secondary N) is 2. The molecular formula is C26H28N6O. The van der Waals surface area contributed by atoms with Crippen molar-refractivity contribution >= 4 is 22.4 Å². The maximum Gasteiger partial charge on any atom is 0.223 e. The average molecular weight is 441 g/mol. The van der Waals surface area contributed by atoms with E-state index in [0.717, 1.165) is 61.8 Å². The van der Waals surface area contributed by atoms with Crippen LogP contribution in [0.5, 0.6) is 5.75 Å². The van der Waals surface area contributed by atoms with Gasteiger partial charge in [0.2, 0.25) is 5.95 Å². The fourth-order valence-electron chi connectivity index (χ4n) is 4.21. The van der Waals surface area contributed by atoms with Crippen molar-refractivity contribution in [3.05, 3.63) is 72.7 Å². The van der Waals surface area contributed by atoms with Crippen LogP contribution in [0.1, 0.15) is 5.69 Å². The second-order valence-electron chi connectivity index (χ2n) is 8.08. The Hall–Kier alpha value is -3.71. The first-order chi connectivity index (χ1) is 16.3. The number of rotatable bonds is 7. The highest BCUT2D eigenvalue weighted by Crippen LogP contribution is 2.35. The molecule has 1 saturated heterocycles. The molecule has 0 bridgehead atoms. The molecule has 0 radical (unpaired) electrons. The molecule has 1 aliphatic rings. The van der Waals surface area contributed by atoms with Gasteiger partial charge in [-0.1, -0.05) is 12.1 Å². The second kappa shape index (κ2) is 9.83. The minimum absolute atomic E-state index is 0.627. The Labute approximate surface area is 193 Å². The lowest BCUT2D eigenvalue weighted by Gasteiger charge is -2.31. The lowest BCUT2D eigenvalue weighted by atomic mass is 10.0. The summed E-state index contributed by atoms with van der Waals surface area (Å²) in [5, 5.41) is 9.14. The molecule has 5 rings (SSSR count). The molecule has 0 spiro atoms. The number of anilines is 2. The summed E-state index contributed by atoms with van der Waals surface area (Å²) in [5.74, 6) is 1.50. The van der Waals surface area contributed by atoms with Gasteiger partial charge in [0.1, 0.15) is 5.75 Å². The van der Waals surface area contributed by atoms with Crippen LogP contribution in [0.3, 0.4) is 0 Å². The van der Waals surface area contributed by atoms with Crippen LogP contribution in [0.25, 0.3) is 22.0 Å². The van der Waals surface area contributed by atoms with E-state index in [1.54, 1.807) is 7.11 Å². The zero-order valence-electron chi connectivity index (χ0n) is 18.8. The SMILES string of the molecule is COc1ccc2cc(-c3ccnc(NCCc4ccccn4)n3)cc(N3CCNCC3)c2c1. The van der Waals surface area contributed by atoms with Gasteiger partial charge in [-0.3, -0.25) is 4.98 Å². The molecule has 2 aromatic heterocycles. The molecule has 7 heteroatoms. The normalized spacial score (nSPS) is 13.8. The highest BCUT2D eigenvalue weighted by atomic mass is 16.5. The van der Waals surface area contributed by atoms with Crippen LogP contribution < -0.4 is 20.3 Å². The maximum absolute atomic E-state index is 5.50. The summed E-state index contributed by atoms with van der Waals surface area (Å²) in [4.78, 5) is 16.0. The predicted octanol–water partition coefficient (Wildman–Crippen LogP) is 3.76. The number of aromatic nitrogens is 3. The number of fused-ring (bicyclic) bond motifs is 1. The van der Waals surface area contributed by atoms with Crippen molar-refractivity contribution in [1.29, 1.82) is 0 Å². The highest BCUT2D eigenvalue weighted by Gasteiger charge is 2.16. The molecule has 0 saturated carbocycles. The standard InChI is InChI=1S/C26H28N6O/c1-33-22-6-5-19-16-20(17-25(23(19)18-22)32-14-12-27-13-15-32)24-8-11-30-26(31-24)29-10-7-21-4-2-3-9-28-21/h2-6,8-9,11,16-18,27H,7,10,12-15H2,1H3,(H,29,30,31). The van der Waals surface area contributed by atoms with E-state index < -0.39 is 0 Å². The number of methoxy groups -OCH3 is 1. The Bertz CT molecular complexity index is 1220. The van der Waals surface area contributed by atoms with E-state index in [4.69, 9.17) is 9.72 Å². The van der Waals surface area contributed by atoms with Gasteiger partial charge in [-0.05, 0) is 47.9 Å². The van der Waals surface area contributed by atoms with E-state index in [9.17, 15) is 0 Å². The Balaban J connectivity index is 1.44. The quantitative estimate of drug-likeness (QED) is 0.453. The number of piperazine rings is 1. The van der Waals surface area contributed by atoms with Crippen LogP contribution in [0.15, 0.2) is 67.0 Å². The van der Waals surface area contributed by atoms with E-state index in [2.05, 4.69) is 49.8 Å². The number of hydrogen-bond acceptors (Lipinski definition) is 7. The van der Waals surface area contributed by atoms with Crippen LogP contribution in [-0.2, 0) is 6.42 Å². The molecule has 3 heterocycles. The van der Waals surface area contributed by atoms with Gasteiger partial charge in [0.05, 0.1) is 12.8 Å². The van der Waals surface area contributed by atoms with Crippen molar-refractivity contribution in [2.45, 2.75) is 6.42 Å². The molecule has 4 aromatic rings. The number of benzene rings is 2. The monoisotopic (exact) mass is 440 g/mol. The summed E-state index contributed by atoms with van der Waals surface area (Å²) in [5.41, 5.74) is 4.24. The zero-order valence-corrected chi connectivity index (χ0v) is 18.8. The van der Waals surface area contributed by atoms with Gasteiger partial charge in [0, 0.05) is 73.9 Å². The van der Waals surface area contributed by atoms with E-state index in [1.807, 2.05) is 42.7 Å². The van der Waals surface area contributed by atoms with Crippen LogP contribution in [0, 0.1) is 0 Å². The van der Waals surface area contributed by atoms with Crippen LogP contribution >= 0.6 is 0 Å². The summed E-state index contributed by atoms with van der Waals surface area (Å²) >= 11 is 0. The zero-order chi connectivity index (χ0) is 22.5. The van der Waals surface area contributed by atoms with Gasteiger partial charge < -0.3 is 20.3 Å². The van der Waals surface area contributed by atoms with Gasteiger partial charge in [0.25, 0.3) is 0 Å². The Morgan fingerprint density at radius 3 is 2.73 bits per heavy atom. The fraction of sp³-hybridized carbons (Fsp3) is 0.269. The highest BCUT2D eigenvalue weighted by molar-refractivity contribution is 5.98. The van der Waals surface area contributed by atoms with Gasteiger partial charge in [-0.25, -0.2) is 9.97 Å². The number of pyridine rings is 1. The van der Waals surface area contributed by atoms with E-state index in [1.165, 1.54) is 16.5 Å². The van der Waals surface area contributed by atoms with Crippen LogP contribution in [0.2, 0.25) is 0 Å². The lowest BCUT2D eigenvalue weighted by Crippen LogP contribution is -2.43. The van der Waals surface area contributed by atoms with Gasteiger partial charge in [-0.2, -0.15) is 0 Å². The summed E-state index contributed by atoms with van der Waals surface area (Å²) in [7, 11) is 1.71. The van der Waals surface area contributed by atoms with Crippen molar-refractivity contribution in [1.82, 2.24) is 20.3 Å². The van der Waals surface area contributed by atoms with Crippen molar-refractivity contribution in [3.63, 3.8) is 0 Å². The summed E-state index contributed by atoms with van der Waals surface area (Å²) in [6.07, 6.45) is 4.45. The van der Waals surface area contributed by atoms with E-state index in [0.29, 0.717) is 5.95 Å². The second-order valence-corrected chi connectivity index (χ2v) is 8.08. The topological polar surface area (TPSA) is 75.2 Å². The maximum atomic E-state index is 5.50. The molecule has 1 fully saturated rings. The minimum Gasteiger partial charge on any atom is -0.497 e. The fourth-order valence-corrected chi connectivity index (χ4v) is 4.21. The summed E-state index contributed by atoms with van der Waals surface area (Å²) in [6, 6.07) is 18.6. The predicted molar refractivity (Wildman–Crippen MR) is 133 cm³/mol. The average Bonchev–Trinajstić information content (AvgIpc) is 2.89. The Kier molecular flexibility index (Phi) is 6.30. The molecular weight excluding hydrogens is 412 g/mol. The van der Waals surface area contributed by atoms with E-state index >= 15 is 0 Å². The van der Waals surface area contributed by atoms with Gasteiger partial charge >= 0.3 is 0 Å². The largest absolute Gasteiger partial charge is 0.497 e. The molecule has 0 unspecified atom stereocenters. The molecule has 2 N–H and O–H groups in total. The number of hydrogen-bond donors (Lipinski definition) is 2. The first-order valence-corrected chi connectivity index (χ1v) is 11.3. The first-order valence-electron chi connectivity index (χ1n) is 11.3. The Morgan fingerprint density at radius 1 is 1.00 bits per heavy atom. The minimum atomic E-state index is 0.627. The molecule has 1 aliphatic heterocycles. The lowest BCUT2D eigenvalue weighted by molar-refractivity contribution is 0.415. The summed E-state index contributed by atoms with van der Waals surface area (Å²) in [6.45, 7) is 4.63. The molecule has 33 heavy (non-hydrogen) atoms. The van der Waals surface area contributed by atoms with Crippen molar-refractivity contribution in [3.8, 4) is 17.0 Å². The molecule has 0 amide bonds. The third-order valence-electron chi connectivity index (χ3n) is 5.94. The van der Waals surface area contributed by atoms with E-state index in [-0.39, 0.29) is 0 Å². The van der Waals surface area contributed by atoms with Gasteiger partial charge in [-0.15, -0.1) is 0 Å². The molecule has 0 aliphatic carbocycles. The van der Waals surface area contributed by atoms with Crippen molar-refractivity contribution < 1.29 is 4.74 Å². The van der Waals surface area contributed by atoms with Crippen molar-refractivity contribution in [2.75, 3.05) is 50.1 Å². The molecule has 2 aromatic carbocycles. The third-order valence-corrected chi connectivity index (χ3v) is 5.94. The van der Waals surface area contributed by atoms with Crippen molar-refractivity contribution in [2.24, 2.45) is 0 Å². The molecule has 0 atom stereocenters. The first kappa shape index (κ1) is 21.2. The van der Waals surface area contributed by atoms with Crippen LogP contribution in [0.4, 0.5) is 11.6 Å². The molecule has 168 valence electrons.